The van der Waals surface area contributed by atoms with Crippen LogP contribution in [0.3, 0.4) is 0 Å². The van der Waals surface area contributed by atoms with Gasteiger partial charge in [0.15, 0.2) is 0 Å². The van der Waals surface area contributed by atoms with Gasteiger partial charge in [0.05, 0.1) is 0 Å². The average Bonchev–Trinajstić information content (AvgIpc) is 2.42. The number of hydrogen-bond acceptors (Lipinski definition) is 3. The van der Waals surface area contributed by atoms with Gasteiger partial charge in [-0.15, -0.1) is 0 Å². The minimum atomic E-state index is 0.0530. The third-order valence-corrected chi connectivity index (χ3v) is 3.95. The maximum Gasteiger partial charge on any atom is 0.254 e. The highest BCUT2D eigenvalue weighted by Gasteiger charge is 2.26. The molecule has 2 atom stereocenters. The van der Waals surface area contributed by atoms with Crippen LogP contribution < -0.4 is 5.32 Å². The van der Waals surface area contributed by atoms with E-state index in [-0.39, 0.29) is 5.91 Å². The number of carbonyl (C=O) groups is 1. The second-order valence-corrected chi connectivity index (χ2v) is 6.53. The van der Waals surface area contributed by atoms with E-state index >= 15 is 0 Å². The molecule has 0 spiro atoms. The molecule has 0 bridgehead atoms. The molecule has 21 heavy (non-hydrogen) atoms. The molecule has 2 unspecified atom stereocenters. The lowest BCUT2D eigenvalue weighted by Crippen LogP contribution is -2.42. The van der Waals surface area contributed by atoms with Crippen molar-refractivity contribution in [2.24, 2.45) is 11.8 Å². The van der Waals surface area contributed by atoms with E-state index in [9.17, 15) is 4.79 Å². The van der Waals surface area contributed by atoms with Crippen LogP contribution >= 0.6 is 11.6 Å². The third-order valence-electron chi connectivity index (χ3n) is 3.75. The Balaban J connectivity index is 2.16. The van der Waals surface area contributed by atoms with Crippen LogP contribution in [0, 0.1) is 11.8 Å². The Kier molecular flexibility index (Phi) is 5.45. The molecule has 0 aliphatic carbocycles. The van der Waals surface area contributed by atoms with Gasteiger partial charge in [-0.1, -0.05) is 32.4 Å². The van der Waals surface area contributed by atoms with E-state index in [2.05, 4.69) is 31.1 Å². The van der Waals surface area contributed by atoms with Crippen molar-refractivity contribution in [3.8, 4) is 0 Å². The molecule has 1 aromatic heterocycles. The van der Waals surface area contributed by atoms with Crippen molar-refractivity contribution in [3.63, 3.8) is 0 Å². The predicted octanol–water partition coefficient (Wildman–Crippen LogP) is 3.68. The van der Waals surface area contributed by atoms with Gasteiger partial charge in [-0.05, 0) is 36.8 Å². The summed E-state index contributed by atoms with van der Waals surface area (Å²) >= 11 is 6.05. The van der Waals surface area contributed by atoms with Crippen molar-refractivity contribution in [3.05, 3.63) is 22.8 Å². The van der Waals surface area contributed by atoms with E-state index in [0.717, 1.165) is 26.1 Å². The Morgan fingerprint density at radius 2 is 2.05 bits per heavy atom. The van der Waals surface area contributed by atoms with E-state index in [1.165, 1.54) is 6.42 Å². The molecule has 1 fully saturated rings. The van der Waals surface area contributed by atoms with Crippen LogP contribution in [-0.4, -0.2) is 35.4 Å². The summed E-state index contributed by atoms with van der Waals surface area (Å²) in [5, 5.41) is 3.54. The molecule has 2 rings (SSSR count). The molecule has 2 heterocycles. The van der Waals surface area contributed by atoms with Crippen molar-refractivity contribution < 1.29 is 4.79 Å². The summed E-state index contributed by atoms with van der Waals surface area (Å²) in [5.74, 6) is 1.82. The number of carbonyl (C=O) groups excluding carboxylic acids is 1. The SMILES string of the molecule is CCCNc1cc(C(=O)N2CC(C)CC(C)C2)cc(Cl)n1. The minimum absolute atomic E-state index is 0.0530. The van der Waals surface area contributed by atoms with Crippen LogP contribution in [0.1, 0.15) is 44.0 Å². The predicted molar refractivity (Wildman–Crippen MR) is 86.9 cm³/mol. The number of amides is 1. The fourth-order valence-electron chi connectivity index (χ4n) is 2.98. The number of rotatable bonds is 4. The van der Waals surface area contributed by atoms with Gasteiger partial charge < -0.3 is 10.2 Å². The lowest BCUT2D eigenvalue weighted by Gasteiger charge is -2.35. The van der Waals surface area contributed by atoms with Gasteiger partial charge in [0, 0.05) is 25.2 Å². The molecule has 1 aliphatic rings. The lowest BCUT2D eigenvalue weighted by molar-refractivity contribution is 0.0623. The van der Waals surface area contributed by atoms with E-state index in [0.29, 0.717) is 28.4 Å². The Morgan fingerprint density at radius 3 is 2.67 bits per heavy atom. The number of piperidine rings is 1. The van der Waals surface area contributed by atoms with Crippen molar-refractivity contribution >= 4 is 23.3 Å². The second kappa shape index (κ2) is 7.12. The number of aromatic nitrogens is 1. The molecule has 1 aromatic rings. The average molecular weight is 310 g/mol. The maximum atomic E-state index is 12.7. The topological polar surface area (TPSA) is 45.2 Å². The van der Waals surface area contributed by atoms with Gasteiger partial charge >= 0.3 is 0 Å². The van der Waals surface area contributed by atoms with Crippen LogP contribution in [-0.2, 0) is 0 Å². The van der Waals surface area contributed by atoms with E-state index in [1.807, 2.05) is 4.90 Å². The lowest BCUT2D eigenvalue weighted by atomic mass is 9.91. The second-order valence-electron chi connectivity index (χ2n) is 6.15. The Hall–Kier alpha value is -1.29. The molecule has 1 amide bonds. The summed E-state index contributed by atoms with van der Waals surface area (Å²) in [7, 11) is 0. The highest BCUT2D eigenvalue weighted by molar-refractivity contribution is 6.29. The first kappa shape index (κ1) is 16.1. The zero-order chi connectivity index (χ0) is 15.4. The zero-order valence-electron chi connectivity index (χ0n) is 13.0. The van der Waals surface area contributed by atoms with Crippen LogP contribution in [0.15, 0.2) is 12.1 Å². The number of likely N-dealkylation sites (tertiary alicyclic amines) is 1. The normalized spacial score (nSPS) is 22.2. The van der Waals surface area contributed by atoms with Crippen molar-refractivity contribution in [1.82, 2.24) is 9.88 Å². The molecule has 0 saturated carbocycles. The number of nitrogens with one attached hydrogen (secondary N) is 1. The zero-order valence-corrected chi connectivity index (χ0v) is 13.8. The molecule has 5 heteroatoms. The van der Waals surface area contributed by atoms with Gasteiger partial charge in [-0.2, -0.15) is 0 Å². The standard InChI is InChI=1S/C16H24ClN3O/c1-4-5-18-15-8-13(7-14(17)19-15)16(21)20-9-11(2)6-12(3)10-20/h7-8,11-12H,4-6,9-10H2,1-3H3,(H,18,19). The van der Waals surface area contributed by atoms with Crippen molar-refractivity contribution in [1.29, 1.82) is 0 Å². The van der Waals surface area contributed by atoms with Crippen molar-refractivity contribution in [2.45, 2.75) is 33.6 Å². The first-order chi connectivity index (χ1) is 9.99. The highest BCUT2D eigenvalue weighted by atomic mass is 35.5. The largest absolute Gasteiger partial charge is 0.370 e. The van der Waals surface area contributed by atoms with Gasteiger partial charge in [-0.3, -0.25) is 4.79 Å². The monoisotopic (exact) mass is 309 g/mol. The third kappa shape index (κ3) is 4.34. The molecule has 1 aliphatic heterocycles. The summed E-state index contributed by atoms with van der Waals surface area (Å²) in [6, 6.07) is 3.46. The van der Waals surface area contributed by atoms with E-state index in [4.69, 9.17) is 11.6 Å². The fraction of sp³-hybridized carbons (Fsp3) is 0.625. The first-order valence-corrected chi connectivity index (χ1v) is 8.08. The summed E-state index contributed by atoms with van der Waals surface area (Å²) < 4.78 is 0. The maximum absolute atomic E-state index is 12.7. The van der Waals surface area contributed by atoms with E-state index in [1.54, 1.807) is 12.1 Å². The smallest absolute Gasteiger partial charge is 0.254 e. The van der Waals surface area contributed by atoms with Crippen LogP contribution in [0.4, 0.5) is 5.82 Å². The van der Waals surface area contributed by atoms with Gasteiger partial charge in [0.1, 0.15) is 11.0 Å². The van der Waals surface area contributed by atoms with Gasteiger partial charge in [-0.25, -0.2) is 4.98 Å². The first-order valence-electron chi connectivity index (χ1n) is 7.70. The number of halogens is 1. The molecule has 1 saturated heterocycles. The number of nitrogens with zero attached hydrogens (tertiary/aromatic N) is 2. The summed E-state index contributed by atoms with van der Waals surface area (Å²) in [6.07, 6.45) is 2.18. The van der Waals surface area contributed by atoms with Crippen LogP contribution in [0.25, 0.3) is 0 Å². The van der Waals surface area contributed by atoms with Crippen molar-refractivity contribution in [2.75, 3.05) is 25.0 Å². The molecule has 0 radical (unpaired) electrons. The quantitative estimate of drug-likeness (QED) is 0.863. The summed E-state index contributed by atoms with van der Waals surface area (Å²) in [5.41, 5.74) is 0.620. The van der Waals surface area contributed by atoms with Gasteiger partial charge in [0.2, 0.25) is 0 Å². The van der Waals surface area contributed by atoms with E-state index < -0.39 is 0 Å². The highest BCUT2D eigenvalue weighted by Crippen LogP contribution is 2.24. The molecule has 0 aromatic carbocycles. The van der Waals surface area contributed by atoms with Crippen LogP contribution in [0.5, 0.6) is 0 Å². The van der Waals surface area contributed by atoms with Gasteiger partial charge in [0.25, 0.3) is 5.91 Å². The Morgan fingerprint density at radius 1 is 1.38 bits per heavy atom. The molecule has 1 N–H and O–H groups in total. The number of hydrogen-bond donors (Lipinski definition) is 1. The van der Waals surface area contributed by atoms with Crippen LogP contribution in [0.2, 0.25) is 5.15 Å². The molecular weight excluding hydrogens is 286 g/mol. The molecule has 116 valence electrons. The number of anilines is 1. The minimum Gasteiger partial charge on any atom is -0.370 e. The Labute approximate surface area is 131 Å². The fourth-order valence-corrected chi connectivity index (χ4v) is 3.18. The number of pyridine rings is 1. The molecular formula is C16H24ClN3O. The summed E-state index contributed by atoms with van der Waals surface area (Å²) in [6.45, 7) is 8.94. The molecule has 4 nitrogen and oxygen atoms in total. The summed E-state index contributed by atoms with van der Waals surface area (Å²) in [4.78, 5) is 18.8. The Bertz CT molecular complexity index is 496.